The van der Waals surface area contributed by atoms with Gasteiger partial charge in [-0.3, -0.25) is 0 Å². The van der Waals surface area contributed by atoms with Gasteiger partial charge in [0, 0.05) is 0 Å². The number of nitrogens with zero attached hydrogens (tertiary/aromatic N) is 4. The zero-order valence-electron chi connectivity index (χ0n) is 7.52. The molecule has 0 aromatic heterocycles. The first kappa shape index (κ1) is 12.3. The van der Waals surface area contributed by atoms with Crippen molar-refractivity contribution in [2.24, 2.45) is 0 Å². The second-order valence-corrected chi connectivity index (χ2v) is 2.89. The van der Waals surface area contributed by atoms with Gasteiger partial charge >= 0.3 is 0 Å². The Bertz CT molecular complexity index is 264. The molecule has 0 spiro atoms. The molecule has 1 fully saturated rings. The molecule has 0 amide bonds. The Morgan fingerprint density at radius 1 is 0.750 bits per heavy atom. The van der Waals surface area contributed by atoms with Crippen LogP contribution in [-0.2, 0) is 0 Å². The lowest BCUT2D eigenvalue weighted by molar-refractivity contribution is -0.759. The molecule has 0 bridgehead atoms. The average Bonchev–Trinajstić information content (AvgIpc) is 2.14. The summed E-state index contributed by atoms with van der Waals surface area (Å²) in [6, 6.07) is 0. The van der Waals surface area contributed by atoms with Crippen molar-refractivity contribution in [3.8, 4) is 0 Å². The first-order valence-corrected chi connectivity index (χ1v) is 3.86. The highest BCUT2D eigenvalue weighted by Crippen LogP contribution is 2.21. The van der Waals surface area contributed by atoms with E-state index in [9.17, 15) is 20.2 Å². The Kier molecular flexibility index (Phi) is 3.09. The van der Waals surface area contributed by atoms with Gasteiger partial charge in [0.15, 0.2) is 10.1 Å². The summed E-state index contributed by atoms with van der Waals surface area (Å²) in [6.07, 6.45) is -9.39. The van der Waals surface area contributed by atoms with Crippen LogP contribution in [0.3, 0.4) is 0 Å². The normalized spacial score (nSPS) is 35.0. The molecule has 0 radical (unpaired) electrons. The summed E-state index contributed by atoms with van der Waals surface area (Å²) in [5, 5.41) is 54.0. The lowest BCUT2D eigenvalue weighted by atomic mass is 10.3. The fourth-order valence-corrected chi connectivity index (χ4v) is 1.25. The molecule has 92 valence electrons. The van der Waals surface area contributed by atoms with Crippen molar-refractivity contribution < 1.29 is 30.5 Å². The second kappa shape index (κ2) is 4.01. The first-order chi connectivity index (χ1) is 7.29. The van der Waals surface area contributed by atoms with Crippen molar-refractivity contribution >= 4 is 0 Å². The Morgan fingerprint density at radius 3 is 1.06 bits per heavy atom. The number of rotatable bonds is 2. The van der Waals surface area contributed by atoms with Crippen LogP contribution < -0.4 is 0 Å². The predicted molar refractivity (Wildman–Crippen MR) is 41.7 cm³/mol. The summed E-state index contributed by atoms with van der Waals surface area (Å²) in [4.78, 5) is 20.7. The van der Waals surface area contributed by atoms with E-state index >= 15 is 0 Å². The van der Waals surface area contributed by atoms with Crippen LogP contribution in [0.5, 0.6) is 0 Å². The van der Waals surface area contributed by atoms with E-state index in [-0.39, 0.29) is 10.0 Å². The topological polar surface area (TPSA) is 174 Å². The molecule has 1 saturated heterocycles. The fraction of sp³-hybridized carbons (Fsp3) is 1.00. The second-order valence-electron chi connectivity index (χ2n) is 2.89. The number of nitro groups is 2. The van der Waals surface area contributed by atoms with Crippen LogP contribution in [0.25, 0.3) is 0 Å². The van der Waals surface area contributed by atoms with Crippen molar-refractivity contribution in [3.05, 3.63) is 20.2 Å². The van der Waals surface area contributed by atoms with Crippen LogP contribution in [-0.4, -0.2) is 65.4 Å². The molecule has 4 atom stereocenters. The Hall–Kier alpha value is -1.76. The zero-order valence-corrected chi connectivity index (χ0v) is 7.52. The van der Waals surface area contributed by atoms with E-state index in [2.05, 4.69) is 0 Å². The quantitative estimate of drug-likeness (QED) is 0.277. The highest BCUT2D eigenvalue weighted by Gasteiger charge is 2.56. The van der Waals surface area contributed by atoms with Crippen LogP contribution in [0.4, 0.5) is 0 Å². The highest BCUT2D eigenvalue weighted by molar-refractivity contribution is 4.76. The molecular weight excluding hydrogens is 232 g/mol. The number of aliphatic hydroxyl groups excluding tert-OH is 4. The SMILES string of the molecule is O=[N+]([O-])N1[C@H](O)[C@H](O)N([N+](=O)[O-])[C@@H](O)[C@H]1O. The smallest absolute Gasteiger partial charge is 0.238 e. The zero-order chi connectivity index (χ0) is 12.6. The summed E-state index contributed by atoms with van der Waals surface area (Å²) >= 11 is 0. The largest absolute Gasteiger partial charge is 0.365 e. The minimum atomic E-state index is -2.35. The van der Waals surface area contributed by atoms with Crippen molar-refractivity contribution in [1.29, 1.82) is 0 Å². The maximum absolute atomic E-state index is 10.3. The molecule has 0 unspecified atom stereocenters. The molecule has 1 aliphatic rings. The molecule has 0 aromatic carbocycles. The number of piperazine rings is 1. The molecule has 4 N–H and O–H groups in total. The summed E-state index contributed by atoms with van der Waals surface area (Å²) in [7, 11) is 0. The minimum absolute atomic E-state index is 0.296. The predicted octanol–water partition coefficient (Wildman–Crippen LogP) is -3.74. The third-order valence-electron chi connectivity index (χ3n) is 1.99. The fourth-order valence-electron chi connectivity index (χ4n) is 1.25. The third-order valence-corrected chi connectivity index (χ3v) is 1.99. The minimum Gasteiger partial charge on any atom is -0.365 e. The van der Waals surface area contributed by atoms with Crippen LogP contribution in [0.1, 0.15) is 0 Å². The molecule has 1 heterocycles. The molecule has 0 aliphatic carbocycles. The van der Waals surface area contributed by atoms with E-state index in [0.29, 0.717) is 0 Å². The molecule has 1 aliphatic heterocycles. The highest BCUT2D eigenvalue weighted by atomic mass is 16.7. The molecule has 0 aromatic rings. The lowest BCUT2D eigenvalue weighted by Gasteiger charge is -2.38. The van der Waals surface area contributed by atoms with E-state index in [1.165, 1.54) is 0 Å². The van der Waals surface area contributed by atoms with E-state index < -0.39 is 35.0 Å². The summed E-state index contributed by atoms with van der Waals surface area (Å²) in [5.41, 5.74) is 0. The van der Waals surface area contributed by atoms with Crippen molar-refractivity contribution in [2.75, 3.05) is 0 Å². The summed E-state index contributed by atoms with van der Waals surface area (Å²) in [5.74, 6) is 0. The van der Waals surface area contributed by atoms with Crippen LogP contribution in [0.15, 0.2) is 0 Å². The van der Waals surface area contributed by atoms with Crippen molar-refractivity contribution in [2.45, 2.75) is 24.9 Å². The number of hydrogen-bond acceptors (Lipinski definition) is 8. The van der Waals surface area contributed by atoms with Gasteiger partial charge in [0.1, 0.15) is 0 Å². The van der Waals surface area contributed by atoms with E-state index in [1.54, 1.807) is 0 Å². The molecule has 12 heteroatoms. The van der Waals surface area contributed by atoms with Gasteiger partial charge < -0.3 is 20.4 Å². The van der Waals surface area contributed by atoms with E-state index in [1.807, 2.05) is 0 Å². The molecule has 1 rings (SSSR count). The van der Waals surface area contributed by atoms with Gasteiger partial charge in [0.25, 0.3) is 0 Å². The van der Waals surface area contributed by atoms with Gasteiger partial charge in [-0.1, -0.05) is 10.0 Å². The third kappa shape index (κ3) is 1.69. The number of hydrogen-bond donors (Lipinski definition) is 4. The van der Waals surface area contributed by atoms with Gasteiger partial charge in [-0.2, -0.15) is 0 Å². The monoisotopic (exact) mass is 240 g/mol. The Labute approximate surface area is 86.8 Å². The van der Waals surface area contributed by atoms with Crippen molar-refractivity contribution in [1.82, 2.24) is 10.0 Å². The maximum Gasteiger partial charge on any atom is 0.238 e. The van der Waals surface area contributed by atoms with Gasteiger partial charge in [0.05, 0.1) is 0 Å². The number of aliphatic hydroxyl groups is 4. The lowest BCUT2D eigenvalue weighted by Crippen LogP contribution is -2.71. The van der Waals surface area contributed by atoms with E-state index in [4.69, 9.17) is 20.4 Å². The molecule has 0 saturated carbocycles. The molecule has 12 nitrogen and oxygen atoms in total. The van der Waals surface area contributed by atoms with Crippen LogP contribution in [0.2, 0.25) is 0 Å². The standard InChI is InChI=1S/C4H8N4O8/c9-1-2(10)6(8(15)16)4(12)3(11)5(1)7(13)14/h1-4,9-12H/t1-,2+,3-,4+. The molecular formula is C4H8N4O8. The summed E-state index contributed by atoms with van der Waals surface area (Å²) < 4.78 is 0. The van der Waals surface area contributed by atoms with Gasteiger partial charge in [-0.15, -0.1) is 0 Å². The first-order valence-electron chi connectivity index (χ1n) is 3.86. The van der Waals surface area contributed by atoms with Gasteiger partial charge in [-0.25, -0.2) is 20.2 Å². The summed E-state index contributed by atoms with van der Waals surface area (Å²) in [6.45, 7) is 0. The van der Waals surface area contributed by atoms with Gasteiger partial charge in [0.2, 0.25) is 24.9 Å². The van der Waals surface area contributed by atoms with E-state index in [0.717, 1.165) is 0 Å². The van der Waals surface area contributed by atoms with Crippen LogP contribution >= 0.6 is 0 Å². The van der Waals surface area contributed by atoms with Crippen molar-refractivity contribution in [3.63, 3.8) is 0 Å². The van der Waals surface area contributed by atoms with Crippen LogP contribution in [0, 0.1) is 20.2 Å². The van der Waals surface area contributed by atoms with Gasteiger partial charge in [-0.05, 0) is 0 Å². The molecule has 16 heavy (non-hydrogen) atoms. The average molecular weight is 240 g/mol. The Morgan fingerprint density at radius 2 is 0.938 bits per heavy atom. The Balaban J connectivity index is 3.03. The maximum atomic E-state index is 10.3. The number of hydrazine groups is 2.